The SMILES string of the molecule is CCOc1ccccc1/C=C(\NC(=O)c1ccccc1)C(=O)Nc1ccc(SC(C)C(=O)Nc2cc(OC)ccc2OC)cc1. The Balaban J connectivity index is 1.46. The van der Waals surface area contributed by atoms with Gasteiger partial charge in [0, 0.05) is 27.8 Å². The molecule has 0 spiro atoms. The van der Waals surface area contributed by atoms with Gasteiger partial charge < -0.3 is 30.2 Å². The Morgan fingerprint density at radius 2 is 1.53 bits per heavy atom. The van der Waals surface area contributed by atoms with Gasteiger partial charge in [0.1, 0.15) is 22.9 Å². The zero-order valence-electron chi connectivity index (χ0n) is 25.5. The third kappa shape index (κ3) is 9.14. The van der Waals surface area contributed by atoms with Gasteiger partial charge in [0.05, 0.1) is 31.8 Å². The molecule has 3 N–H and O–H groups in total. The van der Waals surface area contributed by atoms with Crippen LogP contribution in [-0.4, -0.2) is 43.8 Å². The fraction of sp³-hybridized carbons (Fsp3) is 0.171. The summed E-state index contributed by atoms with van der Waals surface area (Å²) < 4.78 is 16.3. The lowest BCUT2D eigenvalue weighted by molar-refractivity contribution is -0.115. The van der Waals surface area contributed by atoms with Crippen LogP contribution in [0.2, 0.25) is 0 Å². The van der Waals surface area contributed by atoms with Crippen molar-refractivity contribution in [3.63, 3.8) is 0 Å². The molecule has 0 bridgehead atoms. The summed E-state index contributed by atoms with van der Waals surface area (Å²) >= 11 is 1.36. The summed E-state index contributed by atoms with van der Waals surface area (Å²) in [5.74, 6) is 0.572. The smallest absolute Gasteiger partial charge is 0.272 e. The van der Waals surface area contributed by atoms with E-state index in [1.54, 1.807) is 86.8 Å². The molecule has 0 aliphatic carbocycles. The van der Waals surface area contributed by atoms with Crippen LogP contribution in [0.5, 0.6) is 17.2 Å². The number of carbonyl (C=O) groups excluding carboxylic acids is 3. The van der Waals surface area contributed by atoms with Gasteiger partial charge in [-0.15, -0.1) is 11.8 Å². The van der Waals surface area contributed by atoms with Gasteiger partial charge in [-0.05, 0) is 74.5 Å². The van der Waals surface area contributed by atoms with Gasteiger partial charge in [-0.2, -0.15) is 0 Å². The molecule has 0 fully saturated rings. The molecular weight excluding hydrogens is 590 g/mol. The van der Waals surface area contributed by atoms with Crippen molar-refractivity contribution < 1.29 is 28.6 Å². The predicted octanol–water partition coefficient (Wildman–Crippen LogP) is 6.63. The highest BCUT2D eigenvalue weighted by Gasteiger charge is 2.19. The number of amides is 3. The van der Waals surface area contributed by atoms with Crippen molar-refractivity contribution in [1.82, 2.24) is 5.32 Å². The van der Waals surface area contributed by atoms with Gasteiger partial charge in [0.15, 0.2) is 0 Å². The van der Waals surface area contributed by atoms with E-state index in [-0.39, 0.29) is 11.6 Å². The minimum atomic E-state index is -0.508. The van der Waals surface area contributed by atoms with E-state index in [2.05, 4.69) is 16.0 Å². The average Bonchev–Trinajstić information content (AvgIpc) is 3.06. The number of nitrogens with one attached hydrogen (secondary N) is 3. The Morgan fingerprint density at radius 3 is 2.22 bits per heavy atom. The Kier molecular flexibility index (Phi) is 11.6. The number of methoxy groups -OCH3 is 2. The number of para-hydroxylation sites is 1. The van der Waals surface area contributed by atoms with Crippen molar-refractivity contribution in [2.75, 3.05) is 31.5 Å². The maximum Gasteiger partial charge on any atom is 0.272 e. The molecule has 0 radical (unpaired) electrons. The molecule has 0 aromatic heterocycles. The lowest BCUT2D eigenvalue weighted by Gasteiger charge is -2.15. The van der Waals surface area contributed by atoms with Crippen LogP contribution in [0.4, 0.5) is 11.4 Å². The summed E-state index contributed by atoms with van der Waals surface area (Å²) in [6.45, 7) is 4.12. The van der Waals surface area contributed by atoms with E-state index in [0.29, 0.717) is 46.4 Å². The summed E-state index contributed by atoms with van der Waals surface area (Å²) in [4.78, 5) is 40.2. The van der Waals surface area contributed by atoms with Crippen LogP contribution in [0.1, 0.15) is 29.8 Å². The minimum Gasteiger partial charge on any atom is -0.497 e. The number of rotatable bonds is 13. The predicted molar refractivity (Wildman–Crippen MR) is 178 cm³/mol. The van der Waals surface area contributed by atoms with Crippen molar-refractivity contribution in [1.29, 1.82) is 0 Å². The van der Waals surface area contributed by atoms with E-state index in [0.717, 1.165) is 4.90 Å². The standard InChI is InChI=1S/C35H35N3O6S/c1-5-44-31-14-10-9-13-25(31)21-30(38-34(40)24-11-7-6-8-12-24)35(41)36-26-15-18-28(19-16-26)45-23(2)33(39)37-29-22-27(42-3)17-20-32(29)43-4/h6-23H,5H2,1-4H3,(H,36,41)(H,37,39)(H,38,40)/b30-21-. The van der Waals surface area contributed by atoms with Crippen LogP contribution >= 0.6 is 11.8 Å². The molecular formula is C35H35N3O6S. The average molecular weight is 626 g/mol. The van der Waals surface area contributed by atoms with Gasteiger partial charge in [0.2, 0.25) is 5.91 Å². The van der Waals surface area contributed by atoms with E-state index < -0.39 is 17.1 Å². The molecule has 0 aliphatic heterocycles. The first-order chi connectivity index (χ1) is 21.8. The van der Waals surface area contributed by atoms with Gasteiger partial charge in [-0.25, -0.2) is 0 Å². The molecule has 4 aromatic carbocycles. The van der Waals surface area contributed by atoms with Crippen molar-refractivity contribution in [2.45, 2.75) is 24.0 Å². The maximum absolute atomic E-state index is 13.5. The number of hydrogen-bond donors (Lipinski definition) is 3. The van der Waals surface area contributed by atoms with Crippen molar-refractivity contribution in [3.8, 4) is 17.2 Å². The number of hydrogen-bond acceptors (Lipinski definition) is 7. The first kappa shape index (κ1) is 32.7. The van der Waals surface area contributed by atoms with Gasteiger partial charge >= 0.3 is 0 Å². The highest BCUT2D eigenvalue weighted by atomic mass is 32.2. The summed E-state index contributed by atoms with van der Waals surface area (Å²) in [6.07, 6.45) is 1.59. The largest absolute Gasteiger partial charge is 0.497 e. The van der Waals surface area contributed by atoms with E-state index in [9.17, 15) is 14.4 Å². The fourth-order valence-corrected chi connectivity index (χ4v) is 5.07. The third-order valence-corrected chi connectivity index (χ3v) is 7.62. The molecule has 0 saturated carbocycles. The van der Waals surface area contributed by atoms with Crippen LogP contribution in [-0.2, 0) is 9.59 Å². The first-order valence-corrected chi connectivity index (χ1v) is 15.1. The molecule has 10 heteroatoms. The second kappa shape index (κ2) is 16.0. The molecule has 0 aliphatic rings. The van der Waals surface area contributed by atoms with E-state index in [4.69, 9.17) is 14.2 Å². The van der Waals surface area contributed by atoms with Gasteiger partial charge in [0.25, 0.3) is 11.8 Å². The molecule has 1 unspecified atom stereocenters. The molecule has 4 rings (SSSR count). The zero-order chi connectivity index (χ0) is 32.2. The monoisotopic (exact) mass is 625 g/mol. The molecule has 3 amide bonds. The third-order valence-electron chi connectivity index (χ3n) is 6.51. The van der Waals surface area contributed by atoms with Gasteiger partial charge in [-0.3, -0.25) is 14.4 Å². The molecule has 232 valence electrons. The second-order valence-corrected chi connectivity index (χ2v) is 11.1. The molecule has 4 aromatic rings. The van der Waals surface area contributed by atoms with E-state index in [1.165, 1.54) is 18.9 Å². The lowest BCUT2D eigenvalue weighted by atomic mass is 10.1. The summed E-state index contributed by atoms with van der Waals surface area (Å²) in [5.41, 5.74) is 2.13. The summed E-state index contributed by atoms with van der Waals surface area (Å²) in [5, 5.41) is 8.06. The highest BCUT2D eigenvalue weighted by Crippen LogP contribution is 2.31. The number of thioether (sulfide) groups is 1. The molecule has 9 nitrogen and oxygen atoms in total. The molecule has 0 saturated heterocycles. The molecule has 1 atom stereocenters. The second-order valence-electron chi connectivity index (χ2n) is 9.64. The highest BCUT2D eigenvalue weighted by molar-refractivity contribution is 8.00. The quantitative estimate of drug-likeness (QED) is 0.113. The Morgan fingerprint density at radius 1 is 0.822 bits per heavy atom. The van der Waals surface area contributed by atoms with E-state index in [1.807, 2.05) is 37.3 Å². The lowest BCUT2D eigenvalue weighted by Crippen LogP contribution is -2.30. The van der Waals surface area contributed by atoms with Crippen molar-refractivity contribution in [2.24, 2.45) is 0 Å². The number of carbonyl (C=O) groups is 3. The topological polar surface area (TPSA) is 115 Å². The summed E-state index contributed by atoms with van der Waals surface area (Å²) in [6, 6.07) is 28.2. The van der Waals surface area contributed by atoms with Crippen LogP contribution in [0.3, 0.4) is 0 Å². The van der Waals surface area contributed by atoms with Crippen LogP contribution < -0.4 is 30.2 Å². The van der Waals surface area contributed by atoms with Crippen molar-refractivity contribution >= 4 is 46.9 Å². The maximum atomic E-state index is 13.5. The number of anilines is 2. The van der Waals surface area contributed by atoms with Gasteiger partial charge in [-0.1, -0.05) is 36.4 Å². The summed E-state index contributed by atoms with van der Waals surface area (Å²) in [7, 11) is 3.09. The molecule has 45 heavy (non-hydrogen) atoms. The zero-order valence-corrected chi connectivity index (χ0v) is 26.3. The Bertz CT molecular complexity index is 1660. The minimum absolute atomic E-state index is 0.0488. The normalized spacial score (nSPS) is 11.6. The first-order valence-electron chi connectivity index (χ1n) is 14.2. The van der Waals surface area contributed by atoms with Crippen LogP contribution in [0, 0.1) is 0 Å². The number of ether oxygens (including phenoxy) is 3. The van der Waals surface area contributed by atoms with E-state index >= 15 is 0 Å². The Hall–Kier alpha value is -5.22. The number of benzene rings is 4. The fourth-order valence-electron chi connectivity index (χ4n) is 4.20. The Labute approximate surface area is 267 Å². The molecule has 0 heterocycles. The van der Waals surface area contributed by atoms with Crippen LogP contribution in [0.25, 0.3) is 6.08 Å². The van der Waals surface area contributed by atoms with Crippen LogP contribution in [0.15, 0.2) is 108 Å². The van der Waals surface area contributed by atoms with Crippen molar-refractivity contribution in [3.05, 3.63) is 114 Å².